The maximum absolute atomic E-state index is 12.3. The molecule has 124 valence electrons. The van der Waals surface area contributed by atoms with Crippen LogP contribution in [0.3, 0.4) is 0 Å². The lowest BCUT2D eigenvalue weighted by molar-refractivity contribution is -0.136. The van der Waals surface area contributed by atoms with Crippen LogP contribution in [0.4, 0.5) is 0 Å². The average Bonchev–Trinajstić information content (AvgIpc) is 2.76. The smallest absolute Gasteiger partial charge is 0.161 e. The van der Waals surface area contributed by atoms with E-state index in [1.807, 2.05) is 20.8 Å². The second kappa shape index (κ2) is 9.35. The Labute approximate surface area is 139 Å². The van der Waals surface area contributed by atoms with E-state index in [9.17, 15) is 4.79 Å². The number of rotatable bonds is 8. The van der Waals surface area contributed by atoms with Crippen LogP contribution in [0.25, 0.3) is 0 Å². The third-order valence-electron chi connectivity index (χ3n) is 4.34. The molecule has 0 bridgehead atoms. The van der Waals surface area contributed by atoms with Crippen molar-refractivity contribution in [2.45, 2.75) is 52.7 Å². The fourth-order valence-corrected chi connectivity index (χ4v) is 3.23. The molecule has 4 heteroatoms. The van der Waals surface area contributed by atoms with Gasteiger partial charge in [-0.1, -0.05) is 25.0 Å². The number of ketones is 1. The van der Waals surface area contributed by atoms with Gasteiger partial charge in [0.25, 0.3) is 0 Å². The van der Waals surface area contributed by atoms with Gasteiger partial charge in [0, 0.05) is 37.9 Å². The Bertz CT molecular complexity index is 443. The van der Waals surface area contributed by atoms with Crippen LogP contribution < -0.4 is 0 Å². The van der Waals surface area contributed by atoms with Crippen molar-refractivity contribution in [3.05, 3.63) is 12.2 Å². The highest BCUT2D eigenvalue weighted by Crippen LogP contribution is 2.47. The van der Waals surface area contributed by atoms with Crippen LogP contribution in [0, 0.1) is 23.2 Å². The Morgan fingerprint density at radius 1 is 1.41 bits per heavy atom. The first-order chi connectivity index (χ1) is 10.5. The summed E-state index contributed by atoms with van der Waals surface area (Å²) in [6.07, 6.45) is 2.31. The number of carbonyl (C=O) groups is 1. The Morgan fingerprint density at radius 3 is 2.59 bits per heavy atom. The van der Waals surface area contributed by atoms with E-state index in [0.717, 1.165) is 12.0 Å². The molecule has 3 nitrogen and oxygen atoms in total. The maximum Gasteiger partial charge on any atom is 0.161 e. The van der Waals surface area contributed by atoms with Crippen molar-refractivity contribution in [1.29, 1.82) is 0 Å². The second-order valence-electron chi connectivity index (χ2n) is 5.80. The molecular formula is C18H27ClO3. The molecule has 1 fully saturated rings. The Morgan fingerprint density at radius 2 is 2.05 bits per heavy atom. The minimum atomic E-state index is -0.459. The third kappa shape index (κ3) is 4.84. The fraction of sp³-hybridized carbons (Fsp3) is 0.722. The predicted molar refractivity (Wildman–Crippen MR) is 89.7 cm³/mol. The van der Waals surface area contributed by atoms with Crippen molar-refractivity contribution >= 4 is 17.4 Å². The van der Waals surface area contributed by atoms with Gasteiger partial charge in [-0.3, -0.25) is 4.79 Å². The molecule has 0 radical (unpaired) electrons. The number of hydrogen-bond donors (Lipinski definition) is 0. The summed E-state index contributed by atoms with van der Waals surface area (Å²) in [7, 11) is 0. The molecule has 22 heavy (non-hydrogen) atoms. The largest absolute Gasteiger partial charge is 0.353 e. The highest BCUT2D eigenvalue weighted by Gasteiger charge is 2.46. The quantitative estimate of drug-likeness (QED) is 0.293. The van der Waals surface area contributed by atoms with Crippen LogP contribution in [-0.4, -0.2) is 31.2 Å². The van der Waals surface area contributed by atoms with E-state index >= 15 is 0 Å². The molecule has 0 aliphatic heterocycles. The molecule has 0 unspecified atom stereocenters. The van der Waals surface area contributed by atoms with Crippen molar-refractivity contribution in [3.63, 3.8) is 0 Å². The molecule has 0 amide bonds. The zero-order valence-corrected chi connectivity index (χ0v) is 14.7. The van der Waals surface area contributed by atoms with Gasteiger partial charge in [0.15, 0.2) is 6.29 Å². The van der Waals surface area contributed by atoms with Crippen LogP contribution in [0.2, 0.25) is 0 Å². The normalized spacial score (nSPS) is 24.4. The molecule has 0 saturated heterocycles. The summed E-state index contributed by atoms with van der Waals surface area (Å²) in [5.41, 5.74) is 0.562. The van der Waals surface area contributed by atoms with E-state index in [4.69, 9.17) is 21.1 Å². The molecule has 1 saturated carbocycles. The van der Waals surface area contributed by atoms with Gasteiger partial charge < -0.3 is 9.47 Å². The Balaban J connectivity index is 2.78. The topological polar surface area (TPSA) is 35.5 Å². The van der Waals surface area contributed by atoms with Gasteiger partial charge in [0.2, 0.25) is 0 Å². The molecule has 2 atom stereocenters. The molecule has 0 aromatic carbocycles. The zero-order chi connectivity index (χ0) is 16.6. The summed E-state index contributed by atoms with van der Waals surface area (Å²) in [5, 5.41) is 0. The van der Waals surface area contributed by atoms with E-state index in [1.165, 1.54) is 0 Å². The van der Waals surface area contributed by atoms with Gasteiger partial charge in [-0.2, -0.15) is 0 Å². The lowest BCUT2D eigenvalue weighted by atomic mass is 9.72. The molecule has 1 aliphatic carbocycles. The molecule has 0 aromatic rings. The fourth-order valence-electron chi connectivity index (χ4n) is 3.14. The SMILES string of the molecule is C=C(CC(OCC)OCC)[C@@H]1CCC(=O)[C@@]1(C)CC#CCCl. The van der Waals surface area contributed by atoms with E-state index in [1.54, 1.807) is 0 Å². The summed E-state index contributed by atoms with van der Waals surface area (Å²) >= 11 is 5.60. The van der Waals surface area contributed by atoms with Gasteiger partial charge in [-0.25, -0.2) is 0 Å². The van der Waals surface area contributed by atoms with E-state index in [-0.39, 0.29) is 18.0 Å². The molecular weight excluding hydrogens is 300 g/mol. The van der Waals surface area contributed by atoms with Crippen molar-refractivity contribution < 1.29 is 14.3 Å². The molecule has 1 rings (SSSR count). The summed E-state index contributed by atoms with van der Waals surface area (Å²) in [4.78, 5) is 12.3. The molecule has 0 heterocycles. The van der Waals surface area contributed by atoms with E-state index < -0.39 is 5.41 Å². The Hall–Kier alpha value is -0.820. The third-order valence-corrected chi connectivity index (χ3v) is 4.47. The van der Waals surface area contributed by atoms with Crippen molar-refractivity contribution in [2.24, 2.45) is 11.3 Å². The number of hydrogen-bond acceptors (Lipinski definition) is 3. The molecule has 0 aromatic heterocycles. The summed E-state index contributed by atoms with van der Waals surface area (Å²) in [5.74, 6) is 6.58. The predicted octanol–water partition coefficient (Wildman–Crippen LogP) is 3.95. The van der Waals surface area contributed by atoms with Crippen LogP contribution in [0.15, 0.2) is 12.2 Å². The van der Waals surface area contributed by atoms with E-state index in [2.05, 4.69) is 18.4 Å². The highest BCUT2D eigenvalue weighted by molar-refractivity contribution is 6.19. The van der Waals surface area contributed by atoms with Crippen molar-refractivity contribution in [1.82, 2.24) is 0 Å². The van der Waals surface area contributed by atoms with Crippen LogP contribution in [-0.2, 0) is 14.3 Å². The number of halogens is 1. The van der Waals surface area contributed by atoms with E-state index in [0.29, 0.717) is 38.4 Å². The average molecular weight is 327 g/mol. The first-order valence-corrected chi connectivity index (χ1v) is 8.48. The van der Waals surface area contributed by atoms with Crippen molar-refractivity contribution in [3.8, 4) is 11.8 Å². The van der Waals surface area contributed by atoms with Gasteiger partial charge in [0.05, 0.1) is 5.88 Å². The molecule has 0 N–H and O–H groups in total. The van der Waals surface area contributed by atoms with Gasteiger partial charge in [-0.15, -0.1) is 17.5 Å². The number of Topliss-reactive ketones (excluding diaryl/α,β-unsaturated/α-hetero) is 1. The monoisotopic (exact) mass is 326 g/mol. The van der Waals surface area contributed by atoms with Crippen LogP contribution in [0.1, 0.15) is 46.5 Å². The zero-order valence-electron chi connectivity index (χ0n) is 13.9. The molecule has 0 spiro atoms. The lowest BCUT2D eigenvalue weighted by Gasteiger charge is -2.31. The number of alkyl halides is 1. The number of carbonyl (C=O) groups excluding carboxylic acids is 1. The first kappa shape index (κ1) is 19.2. The van der Waals surface area contributed by atoms with Gasteiger partial charge >= 0.3 is 0 Å². The standard InChI is InChI=1S/C18H27ClO3/c1-5-21-17(22-6-2)13-14(3)15-9-10-16(20)18(15,4)11-7-8-12-19/h15,17H,3,5-6,9-13H2,1-2,4H3/t15-,18-/m0/s1. The lowest BCUT2D eigenvalue weighted by Crippen LogP contribution is -2.31. The summed E-state index contributed by atoms with van der Waals surface area (Å²) in [6.45, 7) is 11.3. The van der Waals surface area contributed by atoms with Crippen molar-refractivity contribution in [2.75, 3.05) is 19.1 Å². The highest BCUT2D eigenvalue weighted by atomic mass is 35.5. The second-order valence-corrected chi connectivity index (χ2v) is 6.07. The first-order valence-electron chi connectivity index (χ1n) is 7.95. The Kier molecular flexibility index (Phi) is 8.17. The summed E-state index contributed by atoms with van der Waals surface area (Å²) in [6, 6.07) is 0. The minimum Gasteiger partial charge on any atom is -0.353 e. The summed E-state index contributed by atoms with van der Waals surface area (Å²) < 4.78 is 11.2. The van der Waals surface area contributed by atoms with Gasteiger partial charge in [-0.05, 0) is 26.2 Å². The minimum absolute atomic E-state index is 0.132. The molecule has 1 aliphatic rings. The van der Waals surface area contributed by atoms with Crippen LogP contribution >= 0.6 is 11.6 Å². The van der Waals surface area contributed by atoms with Crippen LogP contribution in [0.5, 0.6) is 0 Å². The maximum atomic E-state index is 12.3. The van der Waals surface area contributed by atoms with Gasteiger partial charge in [0.1, 0.15) is 5.78 Å². The number of ether oxygens (including phenoxy) is 2.